The molecule has 1 saturated heterocycles. The van der Waals surface area contributed by atoms with Gasteiger partial charge < -0.3 is 20.5 Å². The van der Waals surface area contributed by atoms with Gasteiger partial charge in [0, 0.05) is 5.69 Å². The lowest BCUT2D eigenvalue weighted by Crippen LogP contribution is -2.55. The number of hydrogen-bond donors (Lipinski definition) is 2. The zero-order valence-corrected chi connectivity index (χ0v) is 20.3. The Bertz CT molecular complexity index is 1100. The summed E-state index contributed by atoms with van der Waals surface area (Å²) in [5.74, 6) is -3.29. The van der Waals surface area contributed by atoms with Gasteiger partial charge in [0.15, 0.2) is 0 Å². The summed E-state index contributed by atoms with van der Waals surface area (Å²) in [6.45, 7) is 7.55. The van der Waals surface area contributed by atoms with Crippen LogP contribution in [0.15, 0.2) is 54.6 Å². The van der Waals surface area contributed by atoms with E-state index in [1.165, 1.54) is 6.92 Å². The fourth-order valence-electron chi connectivity index (χ4n) is 3.91. The number of ether oxygens (including phenoxy) is 2. The number of carbonyl (C=O) groups excluding carboxylic acids is 4. The van der Waals surface area contributed by atoms with E-state index in [2.05, 4.69) is 5.32 Å². The van der Waals surface area contributed by atoms with Crippen LogP contribution in [0.1, 0.15) is 45.2 Å². The number of primary amides is 1. The van der Waals surface area contributed by atoms with Crippen LogP contribution >= 0.6 is 0 Å². The van der Waals surface area contributed by atoms with Crippen molar-refractivity contribution >= 4 is 29.4 Å². The second kappa shape index (κ2) is 10.7. The summed E-state index contributed by atoms with van der Waals surface area (Å²) in [7, 11) is 0. The Morgan fingerprint density at radius 3 is 2.37 bits per heavy atom. The van der Waals surface area contributed by atoms with Crippen molar-refractivity contribution in [2.24, 2.45) is 5.73 Å². The Labute approximate surface area is 204 Å². The van der Waals surface area contributed by atoms with Gasteiger partial charge in [-0.1, -0.05) is 69.3 Å². The predicted molar refractivity (Wildman–Crippen MR) is 129 cm³/mol. The van der Waals surface area contributed by atoms with E-state index in [0.29, 0.717) is 5.69 Å². The molecule has 2 aromatic carbocycles. The highest BCUT2D eigenvalue weighted by Gasteiger charge is 2.40. The van der Waals surface area contributed by atoms with Crippen LogP contribution in [-0.4, -0.2) is 42.1 Å². The average Bonchev–Trinajstić information content (AvgIpc) is 3.16. The van der Waals surface area contributed by atoms with Gasteiger partial charge in [0.05, 0.1) is 13.0 Å². The van der Waals surface area contributed by atoms with Crippen LogP contribution in [-0.2, 0) is 40.7 Å². The number of hydrogen-bond acceptors (Lipinski definition) is 6. The van der Waals surface area contributed by atoms with Gasteiger partial charge in [0.1, 0.15) is 12.1 Å². The first-order chi connectivity index (χ1) is 16.5. The number of benzene rings is 2. The number of amides is 3. The van der Waals surface area contributed by atoms with Crippen LogP contribution in [0.2, 0.25) is 0 Å². The van der Waals surface area contributed by atoms with E-state index in [4.69, 9.17) is 15.2 Å². The monoisotopic (exact) mass is 481 g/mol. The molecule has 0 saturated carbocycles. The molecule has 2 aromatic rings. The fraction of sp³-hybridized carbons (Fsp3) is 0.385. The number of esters is 1. The highest BCUT2D eigenvalue weighted by Crippen LogP contribution is 2.33. The zero-order valence-electron chi connectivity index (χ0n) is 20.3. The molecular weight excluding hydrogens is 450 g/mol. The van der Waals surface area contributed by atoms with Gasteiger partial charge in [-0.2, -0.15) is 0 Å². The topological polar surface area (TPSA) is 128 Å². The number of anilines is 1. The van der Waals surface area contributed by atoms with Crippen molar-refractivity contribution in [3.8, 4) is 0 Å². The van der Waals surface area contributed by atoms with Crippen LogP contribution in [0.4, 0.5) is 5.69 Å². The van der Waals surface area contributed by atoms with Crippen molar-refractivity contribution in [3.05, 3.63) is 65.7 Å². The van der Waals surface area contributed by atoms with Gasteiger partial charge in [-0.05, 0) is 29.5 Å². The van der Waals surface area contributed by atoms with E-state index >= 15 is 0 Å². The molecule has 1 aliphatic rings. The Hall–Kier alpha value is -3.72. The third-order valence-corrected chi connectivity index (χ3v) is 5.72. The van der Waals surface area contributed by atoms with Crippen molar-refractivity contribution in [1.82, 2.24) is 5.32 Å². The summed E-state index contributed by atoms with van der Waals surface area (Å²) in [6.07, 6.45) is -1.07. The molecule has 0 spiro atoms. The van der Waals surface area contributed by atoms with E-state index in [9.17, 15) is 19.2 Å². The van der Waals surface area contributed by atoms with Crippen molar-refractivity contribution in [1.29, 1.82) is 0 Å². The molecule has 3 rings (SSSR count). The summed E-state index contributed by atoms with van der Waals surface area (Å²) in [4.78, 5) is 51.0. The van der Waals surface area contributed by atoms with Gasteiger partial charge in [0.25, 0.3) is 0 Å². The summed E-state index contributed by atoms with van der Waals surface area (Å²) >= 11 is 0. The molecule has 3 atom stereocenters. The number of nitrogens with two attached hydrogens (primary N) is 1. The molecular formula is C26H31N3O6. The predicted octanol–water partition coefficient (Wildman–Crippen LogP) is 2.17. The molecule has 35 heavy (non-hydrogen) atoms. The molecule has 1 heterocycles. The molecule has 0 radical (unpaired) electrons. The molecule has 186 valence electrons. The largest absolute Gasteiger partial charge is 0.433 e. The van der Waals surface area contributed by atoms with Gasteiger partial charge in [-0.3, -0.25) is 24.1 Å². The second-order valence-electron chi connectivity index (χ2n) is 9.46. The number of nitrogens with one attached hydrogen (secondary N) is 1. The number of carbonyl (C=O) groups is 4. The second-order valence-corrected chi connectivity index (χ2v) is 9.46. The molecule has 0 aliphatic carbocycles. The number of para-hydroxylation sites is 1. The summed E-state index contributed by atoms with van der Waals surface area (Å²) in [5.41, 5.74) is 6.99. The molecule has 0 bridgehead atoms. The van der Waals surface area contributed by atoms with E-state index in [1.807, 2.05) is 63.2 Å². The van der Waals surface area contributed by atoms with Crippen LogP contribution in [0.5, 0.6) is 0 Å². The molecule has 9 heteroatoms. The molecule has 3 amide bonds. The van der Waals surface area contributed by atoms with Crippen LogP contribution in [0, 0.1) is 0 Å². The van der Waals surface area contributed by atoms with Gasteiger partial charge in [-0.25, -0.2) is 0 Å². The molecule has 3 unspecified atom stereocenters. The highest BCUT2D eigenvalue weighted by molar-refractivity contribution is 6.40. The standard InChI is InChI=1S/C26H31N3O6/c1-16(29(24(33)22(27)31)20-13-9-8-12-18(20)26(2,3)4)23(32)28-19-14-21(30)35-25(19)34-15-17-10-6-5-7-11-17/h5-13,16,19,25H,14-15H2,1-4H3,(H2,27,31)(H,28,32). The van der Waals surface area contributed by atoms with Crippen molar-refractivity contribution in [2.45, 2.75) is 64.5 Å². The summed E-state index contributed by atoms with van der Waals surface area (Å²) < 4.78 is 11.0. The van der Waals surface area contributed by atoms with Crippen molar-refractivity contribution in [3.63, 3.8) is 0 Å². The molecule has 1 aliphatic heterocycles. The lowest BCUT2D eigenvalue weighted by Gasteiger charge is -2.33. The quantitative estimate of drug-likeness (QED) is 0.461. The van der Waals surface area contributed by atoms with Crippen LogP contribution < -0.4 is 16.0 Å². The maximum Gasteiger partial charge on any atom is 0.316 e. The Balaban J connectivity index is 1.81. The minimum absolute atomic E-state index is 0.0831. The SMILES string of the molecule is CC(C(=O)NC1CC(=O)OC1OCc1ccccc1)N(C(=O)C(N)=O)c1ccccc1C(C)(C)C. The van der Waals surface area contributed by atoms with Gasteiger partial charge in [-0.15, -0.1) is 0 Å². The normalized spacial score (nSPS) is 18.5. The third kappa shape index (κ3) is 6.24. The van der Waals surface area contributed by atoms with Crippen molar-refractivity contribution in [2.75, 3.05) is 4.90 Å². The number of nitrogens with zero attached hydrogens (tertiary/aromatic N) is 1. The first-order valence-corrected chi connectivity index (χ1v) is 11.4. The van der Waals surface area contributed by atoms with Crippen LogP contribution in [0.3, 0.4) is 0 Å². The first-order valence-electron chi connectivity index (χ1n) is 11.4. The Kier molecular flexibility index (Phi) is 7.91. The molecule has 0 aromatic heterocycles. The van der Waals surface area contributed by atoms with Gasteiger partial charge in [0.2, 0.25) is 12.2 Å². The molecule has 3 N–H and O–H groups in total. The number of cyclic esters (lactones) is 1. The van der Waals surface area contributed by atoms with E-state index in [-0.39, 0.29) is 18.4 Å². The highest BCUT2D eigenvalue weighted by atomic mass is 16.7. The minimum Gasteiger partial charge on any atom is -0.433 e. The Morgan fingerprint density at radius 1 is 1.11 bits per heavy atom. The lowest BCUT2D eigenvalue weighted by atomic mass is 9.85. The van der Waals surface area contributed by atoms with Crippen LogP contribution in [0.25, 0.3) is 0 Å². The Morgan fingerprint density at radius 2 is 1.74 bits per heavy atom. The van der Waals surface area contributed by atoms with E-state index in [1.54, 1.807) is 12.1 Å². The molecule has 1 fully saturated rings. The minimum atomic E-state index is -1.18. The van der Waals surface area contributed by atoms with Gasteiger partial charge >= 0.3 is 17.8 Å². The molecule has 9 nitrogen and oxygen atoms in total. The van der Waals surface area contributed by atoms with E-state index in [0.717, 1.165) is 16.0 Å². The summed E-state index contributed by atoms with van der Waals surface area (Å²) in [6, 6.07) is 14.5. The first kappa shape index (κ1) is 25.9. The van der Waals surface area contributed by atoms with E-state index < -0.39 is 42.1 Å². The smallest absolute Gasteiger partial charge is 0.316 e. The third-order valence-electron chi connectivity index (χ3n) is 5.72. The number of rotatable bonds is 7. The lowest BCUT2D eigenvalue weighted by molar-refractivity contribution is -0.168. The fourth-order valence-corrected chi connectivity index (χ4v) is 3.91. The summed E-state index contributed by atoms with van der Waals surface area (Å²) in [5, 5.41) is 2.74. The maximum absolute atomic E-state index is 13.2. The van der Waals surface area contributed by atoms with Crippen molar-refractivity contribution < 1.29 is 28.7 Å². The zero-order chi connectivity index (χ0) is 25.8. The maximum atomic E-state index is 13.2. The average molecular weight is 482 g/mol.